The molecule has 8 nitrogen and oxygen atoms in total. The molecule has 0 spiro atoms. The molecule has 1 N–H and O–H groups in total. The van der Waals surface area contributed by atoms with Gasteiger partial charge in [0, 0.05) is 32.6 Å². The molecular weight excluding hydrogens is 396 g/mol. The predicted octanol–water partition coefficient (Wildman–Crippen LogP) is 1.79. The van der Waals surface area contributed by atoms with Gasteiger partial charge in [0.1, 0.15) is 12.1 Å². The van der Waals surface area contributed by atoms with Gasteiger partial charge in [-0.25, -0.2) is 4.79 Å². The van der Waals surface area contributed by atoms with Crippen LogP contribution in [0.5, 0.6) is 0 Å². The molecule has 8 heteroatoms. The fourth-order valence-corrected chi connectivity index (χ4v) is 4.24. The van der Waals surface area contributed by atoms with E-state index in [0.29, 0.717) is 45.4 Å². The molecule has 2 aliphatic heterocycles. The molecule has 0 radical (unpaired) electrons. The van der Waals surface area contributed by atoms with Gasteiger partial charge in [-0.3, -0.25) is 19.3 Å². The first-order chi connectivity index (χ1) is 14.9. The minimum Gasteiger partial charge on any atom is -0.339 e. The number of nitrogens with zero attached hydrogens (tertiary/aromatic N) is 3. The molecular formula is C23H32N4O4. The molecule has 1 aromatic rings. The minimum absolute atomic E-state index is 0.104. The average Bonchev–Trinajstić information content (AvgIpc) is 3.04. The summed E-state index contributed by atoms with van der Waals surface area (Å²) in [5.74, 6) is -0.487. The molecule has 168 valence electrons. The molecule has 0 unspecified atom stereocenters. The largest absolute Gasteiger partial charge is 0.339 e. The van der Waals surface area contributed by atoms with Gasteiger partial charge in [-0.15, -0.1) is 0 Å². The number of carbonyl (C=O) groups excluding carboxylic acids is 4. The second-order valence-electron chi connectivity index (χ2n) is 8.21. The van der Waals surface area contributed by atoms with Crippen molar-refractivity contribution in [2.45, 2.75) is 51.5 Å². The first kappa shape index (κ1) is 22.8. The number of hydrogen-bond acceptors (Lipinski definition) is 4. The number of rotatable bonds is 8. The third-order valence-corrected chi connectivity index (χ3v) is 6.43. The van der Waals surface area contributed by atoms with Crippen LogP contribution in [0.1, 0.15) is 45.1 Å². The number of amides is 5. The van der Waals surface area contributed by atoms with Gasteiger partial charge in [0.2, 0.25) is 11.8 Å². The fourth-order valence-electron chi connectivity index (χ4n) is 4.24. The van der Waals surface area contributed by atoms with E-state index < -0.39 is 11.6 Å². The first-order valence-electron chi connectivity index (χ1n) is 11.1. The summed E-state index contributed by atoms with van der Waals surface area (Å²) in [6, 6.07) is 9.59. The maximum absolute atomic E-state index is 12.7. The number of nitrogens with one attached hydrogen (secondary N) is 1. The third kappa shape index (κ3) is 5.06. The average molecular weight is 429 g/mol. The lowest BCUT2D eigenvalue weighted by molar-refractivity contribution is -0.142. The Kier molecular flexibility index (Phi) is 7.30. The van der Waals surface area contributed by atoms with Crippen molar-refractivity contribution in [1.82, 2.24) is 20.0 Å². The molecule has 2 saturated heterocycles. The number of aryl methyl sites for hydroxylation is 1. The summed E-state index contributed by atoms with van der Waals surface area (Å²) >= 11 is 0. The van der Waals surface area contributed by atoms with Gasteiger partial charge < -0.3 is 15.1 Å². The lowest BCUT2D eigenvalue weighted by Crippen LogP contribution is -2.53. The third-order valence-electron chi connectivity index (χ3n) is 6.43. The highest BCUT2D eigenvalue weighted by atomic mass is 16.2. The van der Waals surface area contributed by atoms with Crippen molar-refractivity contribution in [2.75, 3.05) is 32.7 Å². The Labute approximate surface area is 183 Å². The van der Waals surface area contributed by atoms with Crippen molar-refractivity contribution in [1.29, 1.82) is 0 Å². The topological polar surface area (TPSA) is 90.0 Å². The Balaban J connectivity index is 1.44. The van der Waals surface area contributed by atoms with Crippen LogP contribution in [0.25, 0.3) is 0 Å². The number of piperazine rings is 1. The maximum Gasteiger partial charge on any atom is 0.325 e. The van der Waals surface area contributed by atoms with E-state index in [2.05, 4.69) is 17.4 Å². The zero-order valence-electron chi connectivity index (χ0n) is 18.4. The van der Waals surface area contributed by atoms with E-state index in [4.69, 9.17) is 0 Å². The van der Waals surface area contributed by atoms with Gasteiger partial charge in [-0.2, -0.15) is 0 Å². The van der Waals surface area contributed by atoms with Gasteiger partial charge in [0.25, 0.3) is 5.91 Å². The van der Waals surface area contributed by atoms with Gasteiger partial charge in [0.15, 0.2) is 0 Å². The molecule has 3 rings (SSSR count). The van der Waals surface area contributed by atoms with Crippen LogP contribution in [0.3, 0.4) is 0 Å². The van der Waals surface area contributed by atoms with Gasteiger partial charge in [0.05, 0.1) is 0 Å². The molecule has 0 saturated carbocycles. The SMILES string of the molecule is CCC1(CC)NC(=O)N(CC(=O)N2CCN(C(=O)CCCc3ccccc3)CC2)C1=O. The molecule has 31 heavy (non-hydrogen) atoms. The Bertz CT molecular complexity index is 814. The fraction of sp³-hybridized carbons (Fsp3) is 0.565. The van der Waals surface area contributed by atoms with Crippen LogP contribution in [0.2, 0.25) is 0 Å². The zero-order chi connectivity index (χ0) is 22.4. The summed E-state index contributed by atoms with van der Waals surface area (Å²) in [5, 5.41) is 2.74. The Hall–Kier alpha value is -2.90. The summed E-state index contributed by atoms with van der Waals surface area (Å²) < 4.78 is 0. The monoisotopic (exact) mass is 428 g/mol. The number of imide groups is 1. The Morgan fingerprint density at radius 3 is 2.06 bits per heavy atom. The zero-order valence-corrected chi connectivity index (χ0v) is 18.4. The molecule has 2 aliphatic rings. The standard InChI is InChI=1S/C23H32N4O4/c1-3-23(4-2)21(30)27(22(31)24-23)17-20(29)26-15-13-25(14-16-26)19(28)12-8-11-18-9-6-5-7-10-18/h5-7,9-10H,3-4,8,11-17H2,1-2H3,(H,24,31). The second-order valence-corrected chi connectivity index (χ2v) is 8.21. The van der Waals surface area contributed by atoms with Gasteiger partial charge >= 0.3 is 6.03 Å². The highest BCUT2D eigenvalue weighted by Crippen LogP contribution is 2.25. The van der Waals surface area contributed by atoms with Crippen LogP contribution in [0.4, 0.5) is 4.79 Å². The van der Waals surface area contributed by atoms with Crippen molar-refractivity contribution < 1.29 is 19.2 Å². The normalized spacial score (nSPS) is 18.3. The molecule has 0 atom stereocenters. The molecule has 1 aromatic carbocycles. The van der Waals surface area contributed by atoms with Crippen LogP contribution in [0, 0.1) is 0 Å². The number of carbonyl (C=O) groups is 4. The van der Waals surface area contributed by atoms with Gasteiger partial charge in [-0.1, -0.05) is 44.2 Å². The highest BCUT2D eigenvalue weighted by Gasteiger charge is 2.49. The van der Waals surface area contributed by atoms with Crippen LogP contribution in [-0.4, -0.2) is 76.7 Å². The lowest BCUT2D eigenvalue weighted by Gasteiger charge is -2.35. The van der Waals surface area contributed by atoms with E-state index >= 15 is 0 Å². The second kappa shape index (κ2) is 9.94. The molecule has 0 aliphatic carbocycles. The Morgan fingerprint density at radius 1 is 0.935 bits per heavy atom. The number of benzene rings is 1. The quantitative estimate of drug-likeness (QED) is 0.639. The van der Waals surface area contributed by atoms with E-state index in [1.807, 2.05) is 32.0 Å². The number of hydrogen-bond donors (Lipinski definition) is 1. The highest BCUT2D eigenvalue weighted by molar-refractivity contribution is 6.09. The van der Waals surface area contributed by atoms with Gasteiger partial charge in [-0.05, 0) is 31.2 Å². The molecule has 2 fully saturated rings. The predicted molar refractivity (Wildman–Crippen MR) is 116 cm³/mol. The van der Waals surface area contributed by atoms with Crippen molar-refractivity contribution >= 4 is 23.8 Å². The summed E-state index contributed by atoms with van der Waals surface area (Å²) in [4.78, 5) is 54.6. The number of urea groups is 1. The summed E-state index contributed by atoms with van der Waals surface area (Å²) in [6.07, 6.45) is 3.13. The molecule has 0 aromatic heterocycles. The van der Waals surface area contributed by atoms with Crippen LogP contribution < -0.4 is 5.32 Å². The van der Waals surface area contributed by atoms with Crippen molar-refractivity contribution in [2.24, 2.45) is 0 Å². The lowest BCUT2D eigenvalue weighted by atomic mass is 9.93. The molecule has 0 bridgehead atoms. The minimum atomic E-state index is -0.901. The van der Waals surface area contributed by atoms with Crippen molar-refractivity contribution in [3.8, 4) is 0 Å². The maximum atomic E-state index is 12.7. The molecule has 2 heterocycles. The summed E-state index contributed by atoms with van der Waals surface area (Å²) in [7, 11) is 0. The van der Waals surface area contributed by atoms with E-state index in [-0.39, 0.29) is 24.3 Å². The van der Waals surface area contributed by atoms with Crippen LogP contribution in [-0.2, 0) is 20.8 Å². The van der Waals surface area contributed by atoms with E-state index in [9.17, 15) is 19.2 Å². The van der Waals surface area contributed by atoms with E-state index in [0.717, 1.165) is 17.7 Å². The van der Waals surface area contributed by atoms with E-state index in [1.165, 1.54) is 5.56 Å². The summed E-state index contributed by atoms with van der Waals surface area (Å²) in [6.45, 7) is 5.23. The smallest absolute Gasteiger partial charge is 0.325 e. The van der Waals surface area contributed by atoms with E-state index in [1.54, 1.807) is 9.80 Å². The molecule has 5 amide bonds. The van der Waals surface area contributed by atoms with Crippen molar-refractivity contribution in [3.05, 3.63) is 35.9 Å². The first-order valence-corrected chi connectivity index (χ1v) is 11.1. The van der Waals surface area contributed by atoms with Crippen LogP contribution >= 0.6 is 0 Å². The van der Waals surface area contributed by atoms with Crippen LogP contribution in [0.15, 0.2) is 30.3 Å². The van der Waals surface area contributed by atoms with Crippen molar-refractivity contribution in [3.63, 3.8) is 0 Å². The Morgan fingerprint density at radius 2 is 1.52 bits per heavy atom. The summed E-state index contributed by atoms with van der Waals surface area (Å²) in [5.41, 5.74) is 0.323.